The number of amidine groups is 1. The zero-order chi connectivity index (χ0) is 12.8. The Labute approximate surface area is 124 Å². The van der Waals surface area contributed by atoms with Gasteiger partial charge in [0.15, 0.2) is 0 Å². The van der Waals surface area contributed by atoms with E-state index < -0.39 is 0 Å². The Morgan fingerprint density at radius 2 is 2.06 bits per heavy atom. The van der Waals surface area contributed by atoms with Gasteiger partial charge < -0.3 is 28.1 Å². The molecule has 1 heterocycles. The first kappa shape index (κ1) is 17.1. The first-order valence-corrected chi connectivity index (χ1v) is 5.89. The van der Waals surface area contributed by atoms with Gasteiger partial charge in [-0.05, 0) is 11.6 Å². The Morgan fingerprint density at radius 3 is 2.61 bits per heavy atom. The number of rotatable bonds is 4. The summed E-state index contributed by atoms with van der Waals surface area (Å²) in [5.74, 6) is 0. The summed E-state index contributed by atoms with van der Waals surface area (Å²) in [6.07, 6.45) is 4.20. The molecule has 0 aliphatic rings. The molecule has 1 atom stereocenters. The summed E-state index contributed by atoms with van der Waals surface area (Å²) < 4.78 is 0. The zero-order valence-electron chi connectivity index (χ0n) is 10.9. The van der Waals surface area contributed by atoms with E-state index in [9.17, 15) is 0 Å². The van der Waals surface area contributed by atoms with Crippen molar-refractivity contribution in [3.8, 4) is 0 Å². The van der Waals surface area contributed by atoms with Gasteiger partial charge in [-0.15, -0.1) is 0 Å². The van der Waals surface area contributed by atoms with Crippen LogP contribution in [0.3, 0.4) is 0 Å². The molecule has 18 heavy (non-hydrogen) atoms. The molecule has 0 bridgehead atoms. The van der Waals surface area contributed by atoms with Crippen LogP contribution in [0.4, 0.5) is 0 Å². The van der Waals surface area contributed by atoms with Crippen molar-refractivity contribution >= 4 is 17.8 Å². The molecule has 0 saturated carbocycles. The summed E-state index contributed by atoms with van der Waals surface area (Å²) >= 11 is 5.04. The van der Waals surface area contributed by atoms with E-state index in [0.29, 0.717) is 5.17 Å². The summed E-state index contributed by atoms with van der Waals surface area (Å²) in [6, 6.07) is -0.128. The van der Waals surface area contributed by atoms with Crippen LogP contribution in [0.5, 0.6) is 0 Å². The van der Waals surface area contributed by atoms with Gasteiger partial charge in [0, 0.05) is 32.2 Å². The van der Waals surface area contributed by atoms with Crippen molar-refractivity contribution < 1.29 is 17.1 Å². The van der Waals surface area contributed by atoms with Gasteiger partial charge in [-0.2, -0.15) is 0 Å². The molecule has 103 valence electrons. The van der Waals surface area contributed by atoms with E-state index in [0.717, 1.165) is 17.8 Å². The minimum atomic E-state index is -0.128. The molecule has 7 heteroatoms. The molecule has 0 fully saturated rings. The normalized spacial score (nSPS) is 12.6. The van der Waals surface area contributed by atoms with E-state index in [2.05, 4.69) is 20.5 Å². The molecule has 0 aliphatic heterocycles. The maximum atomic E-state index is 5.04. The maximum Gasteiger partial charge on any atom is 2.00 e. The molecule has 1 aromatic rings. The summed E-state index contributed by atoms with van der Waals surface area (Å²) in [5, 5.41) is 4.45. The Morgan fingerprint density at radius 1 is 1.44 bits per heavy atom. The van der Waals surface area contributed by atoms with Crippen molar-refractivity contribution in [2.24, 2.45) is 5.10 Å². The number of hydrogen-bond acceptors (Lipinski definition) is 4. The monoisotopic (exact) mass is 314 g/mol. The fraction of sp³-hybridized carbons (Fsp3) is 0.545. The van der Waals surface area contributed by atoms with Crippen LogP contribution in [0, 0.1) is 0 Å². The van der Waals surface area contributed by atoms with E-state index in [1.165, 1.54) is 0 Å². The van der Waals surface area contributed by atoms with Crippen LogP contribution in [0.1, 0.15) is 31.3 Å². The first-order valence-electron chi connectivity index (χ1n) is 5.48. The summed E-state index contributed by atoms with van der Waals surface area (Å²) in [5.41, 5.74) is 5.98. The average Bonchev–Trinajstić information content (AvgIpc) is 2.35. The minimum Gasteiger partial charge on any atom is -0.744 e. The van der Waals surface area contributed by atoms with Gasteiger partial charge in [-0.3, -0.25) is 9.97 Å². The van der Waals surface area contributed by atoms with E-state index in [4.69, 9.17) is 12.6 Å². The molecule has 0 amide bonds. The predicted molar refractivity (Wildman–Crippen MR) is 71.7 cm³/mol. The van der Waals surface area contributed by atoms with E-state index >= 15 is 0 Å². The molecule has 0 aromatic carbocycles. The Hall–Kier alpha value is -0.911. The van der Waals surface area contributed by atoms with Gasteiger partial charge >= 0.3 is 17.1 Å². The van der Waals surface area contributed by atoms with Crippen LogP contribution in [-0.2, 0) is 36.1 Å². The average molecular weight is 315 g/mol. The van der Waals surface area contributed by atoms with Crippen molar-refractivity contribution in [2.75, 3.05) is 14.1 Å². The minimum absolute atomic E-state index is 0. The number of nitrogens with zero attached hydrogens (tertiary/aromatic N) is 5. The molecule has 1 unspecified atom stereocenters. The summed E-state index contributed by atoms with van der Waals surface area (Å²) in [4.78, 5) is 10.3. The number of aryl methyl sites for hydroxylation is 1. The van der Waals surface area contributed by atoms with Gasteiger partial charge in [-0.1, -0.05) is 19.9 Å². The molecular formula is C11H17CuN5S. The Balaban J connectivity index is 0.00000289. The van der Waals surface area contributed by atoms with E-state index in [1.807, 2.05) is 27.9 Å². The number of hydrogen-bond donors (Lipinski definition) is 0. The fourth-order valence-electron chi connectivity index (χ4n) is 1.28. The first-order chi connectivity index (χ1) is 8.06. The third-order valence-corrected chi connectivity index (χ3v) is 2.68. The summed E-state index contributed by atoms with van der Waals surface area (Å²) in [7, 11) is 3.68. The molecule has 0 N–H and O–H groups in total. The van der Waals surface area contributed by atoms with Gasteiger partial charge in [0.1, 0.15) is 0 Å². The second kappa shape index (κ2) is 8.24. The van der Waals surface area contributed by atoms with Crippen molar-refractivity contribution in [2.45, 2.75) is 26.3 Å². The van der Waals surface area contributed by atoms with Gasteiger partial charge in [0.25, 0.3) is 0 Å². The van der Waals surface area contributed by atoms with Crippen molar-refractivity contribution in [3.05, 3.63) is 29.2 Å². The molecular weight excluding hydrogens is 298 g/mol. The SMILES string of the molecule is CCc1nccnc1C(C)[N-]/N=C(\[S-])N(C)C.[Cu+2]. The largest absolute Gasteiger partial charge is 2.00 e. The van der Waals surface area contributed by atoms with Crippen LogP contribution < -0.4 is 0 Å². The third kappa shape index (κ3) is 4.76. The van der Waals surface area contributed by atoms with E-state index in [1.54, 1.807) is 17.3 Å². The van der Waals surface area contributed by atoms with Crippen molar-refractivity contribution in [1.82, 2.24) is 14.9 Å². The number of aromatic nitrogens is 2. The van der Waals surface area contributed by atoms with E-state index in [-0.39, 0.29) is 23.1 Å². The van der Waals surface area contributed by atoms with Gasteiger partial charge in [0.2, 0.25) is 0 Å². The van der Waals surface area contributed by atoms with Crippen LogP contribution >= 0.6 is 0 Å². The smallest absolute Gasteiger partial charge is 0.744 e. The molecule has 0 aliphatic carbocycles. The molecule has 1 rings (SSSR count). The molecule has 1 aromatic heterocycles. The zero-order valence-corrected chi connectivity index (χ0v) is 12.6. The maximum absolute atomic E-state index is 5.04. The van der Waals surface area contributed by atoms with Crippen molar-refractivity contribution in [3.63, 3.8) is 0 Å². The Bertz CT molecular complexity index is 397. The molecule has 5 nitrogen and oxygen atoms in total. The quantitative estimate of drug-likeness (QED) is 0.280. The van der Waals surface area contributed by atoms with Crippen LogP contribution in [-0.4, -0.2) is 34.1 Å². The topological polar surface area (TPSA) is 55.5 Å². The van der Waals surface area contributed by atoms with Gasteiger partial charge in [-0.25, -0.2) is 0 Å². The third-order valence-electron chi connectivity index (χ3n) is 2.24. The standard InChI is InChI=1S/C11H18N5S.Cu/c1-5-9-10(13-7-6-12-9)8(2)14-15-11(17)16(3)4;/h6-8H,5H2,1-4H3,(H-,12,13,14,15,17);/q-1;+2/p-1. The van der Waals surface area contributed by atoms with Crippen LogP contribution in [0.15, 0.2) is 17.5 Å². The van der Waals surface area contributed by atoms with Crippen molar-refractivity contribution in [1.29, 1.82) is 0 Å². The summed E-state index contributed by atoms with van der Waals surface area (Å²) in [6.45, 7) is 3.98. The second-order valence-electron chi connectivity index (χ2n) is 3.81. The fourth-order valence-corrected chi connectivity index (χ4v) is 1.33. The second-order valence-corrected chi connectivity index (χ2v) is 4.18. The molecule has 0 saturated heterocycles. The van der Waals surface area contributed by atoms with Crippen LogP contribution in [0.25, 0.3) is 5.43 Å². The van der Waals surface area contributed by atoms with Gasteiger partial charge in [0.05, 0.1) is 5.69 Å². The van der Waals surface area contributed by atoms with Crippen LogP contribution in [0.2, 0.25) is 0 Å². The Kier molecular flexibility index (Phi) is 7.82. The predicted octanol–water partition coefficient (Wildman–Crippen LogP) is 1.85. The molecule has 0 spiro atoms. The molecule has 1 radical (unpaired) electrons.